The van der Waals surface area contributed by atoms with Crippen molar-refractivity contribution < 1.29 is 0 Å². The van der Waals surface area contributed by atoms with E-state index in [0.717, 1.165) is 42.9 Å². The van der Waals surface area contributed by atoms with Gasteiger partial charge in [0.2, 0.25) is 5.16 Å². The molecule has 21 heavy (non-hydrogen) atoms. The molecule has 0 amide bonds. The van der Waals surface area contributed by atoms with E-state index in [0.29, 0.717) is 0 Å². The minimum Gasteiger partial charge on any atom is -0.312 e. The summed E-state index contributed by atoms with van der Waals surface area (Å²) in [4.78, 5) is 0. The highest BCUT2D eigenvalue weighted by molar-refractivity contribution is 7.99. The van der Waals surface area contributed by atoms with Crippen molar-refractivity contribution in [2.75, 3.05) is 12.3 Å². The van der Waals surface area contributed by atoms with Crippen molar-refractivity contribution in [3.05, 3.63) is 35.9 Å². The van der Waals surface area contributed by atoms with E-state index in [1.54, 1.807) is 11.8 Å². The minimum absolute atomic E-state index is 0.739. The Labute approximate surface area is 129 Å². The van der Waals surface area contributed by atoms with Crippen LogP contribution in [0, 0.1) is 0 Å². The molecule has 0 radical (unpaired) electrons. The summed E-state index contributed by atoms with van der Waals surface area (Å²) >= 11 is 1.75. The first kappa shape index (κ1) is 14.5. The first-order valence-corrected chi connectivity index (χ1v) is 8.56. The van der Waals surface area contributed by atoms with E-state index in [1.807, 2.05) is 4.68 Å². The van der Waals surface area contributed by atoms with Crippen LogP contribution in [-0.4, -0.2) is 38.5 Å². The average molecular weight is 303 g/mol. The van der Waals surface area contributed by atoms with Gasteiger partial charge in [-0.15, -0.1) is 5.10 Å². The van der Waals surface area contributed by atoms with Crippen molar-refractivity contribution in [2.45, 2.75) is 43.4 Å². The standard InChI is InChI=1S/C15H21N5S/c1-2-5-13(6-3-1)7-4-12-21-15-17-18-19-20(15)11-10-16-14-8-9-14/h1-3,5-6,14,16H,4,7-12H2. The van der Waals surface area contributed by atoms with Crippen molar-refractivity contribution in [2.24, 2.45) is 0 Å². The molecule has 0 aliphatic heterocycles. The Morgan fingerprint density at radius 2 is 2.10 bits per heavy atom. The van der Waals surface area contributed by atoms with Crippen molar-refractivity contribution in [3.63, 3.8) is 0 Å². The maximum absolute atomic E-state index is 4.11. The zero-order chi connectivity index (χ0) is 14.3. The molecule has 0 spiro atoms. The fourth-order valence-electron chi connectivity index (χ4n) is 2.19. The summed E-state index contributed by atoms with van der Waals surface area (Å²) in [5.41, 5.74) is 1.39. The Kier molecular flexibility index (Phi) is 5.23. The lowest BCUT2D eigenvalue weighted by Gasteiger charge is -2.05. The highest BCUT2D eigenvalue weighted by Crippen LogP contribution is 2.19. The molecular formula is C15H21N5S. The Bertz CT molecular complexity index is 538. The Morgan fingerprint density at radius 1 is 1.24 bits per heavy atom. The van der Waals surface area contributed by atoms with Gasteiger partial charge in [0.05, 0.1) is 6.54 Å². The van der Waals surface area contributed by atoms with Crippen LogP contribution in [0.4, 0.5) is 0 Å². The molecule has 3 rings (SSSR count). The van der Waals surface area contributed by atoms with Crippen molar-refractivity contribution >= 4 is 11.8 Å². The molecule has 1 aromatic carbocycles. The zero-order valence-corrected chi connectivity index (χ0v) is 12.9. The predicted octanol–water partition coefficient (Wildman–Crippen LogP) is 2.15. The van der Waals surface area contributed by atoms with Crippen LogP contribution in [0.2, 0.25) is 0 Å². The molecule has 1 heterocycles. The normalized spacial score (nSPS) is 14.5. The number of hydrogen-bond acceptors (Lipinski definition) is 5. The number of aromatic nitrogens is 4. The molecule has 112 valence electrons. The number of nitrogens with zero attached hydrogens (tertiary/aromatic N) is 4. The van der Waals surface area contributed by atoms with E-state index < -0.39 is 0 Å². The molecule has 0 atom stereocenters. The van der Waals surface area contributed by atoms with Gasteiger partial charge >= 0.3 is 0 Å². The number of tetrazole rings is 1. The summed E-state index contributed by atoms with van der Waals surface area (Å²) in [6.45, 7) is 1.80. The third-order valence-electron chi connectivity index (χ3n) is 3.52. The lowest BCUT2D eigenvalue weighted by atomic mass is 10.1. The van der Waals surface area contributed by atoms with Gasteiger partial charge < -0.3 is 5.32 Å². The maximum atomic E-state index is 4.11. The van der Waals surface area contributed by atoms with Crippen LogP contribution in [-0.2, 0) is 13.0 Å². The van der Waals surface area contributed by atoms with Gasteiger partial charge in [-0.1, -0.05) is 42.1 Å². The summed E-state index contributed by atoms with van der Waals surface area (Å²) in [7, 11) is 0. The zero-order valence-electron chi connectivity index (χ0n) is 12.1. The van der Waals surface area contributed by atoms with Crippen LogP contribution in [0.3, 0.4) is 0 Å². The molecule has 6 heteroatoms. The summed E-state index contributed by atoms with van der Waals surface area (Å²) in [6.07, 6.45) is 4.88. The quantitative estimate of drug-likeness (QED) is 0.568. The van der Waals surface area contributed by atoms with Gasteiger partial charge in [-0.05, 0) is 41.7 Å². The van der Waals surface area contributed by atoms with Gasteiger partial charge in [0.1, 0.15) is 0 Å². The second-order valence-electron chi connectivity index (χ2n) is 5.35. The van der Waals surface area contributed by atoms with Gasteiger partial charge in [0.15, 0.2) is 0 Å². The number of nitrogens with one attached hydrogen (secondary N) is 1. The summed E-state index contributed by atoms with van der Waals surface area (Å²) < 4.78 is 1.91. The lowest BCUT2D eigenvalue weighted by Crippen LogP contribution is -2.22. The van der Waals surface area contributed by atoms with Gasteiger partial charge in [-0.2, -0.15) is 0 Å². The van der Waals surface area contributed by atoms with E-state index in [-0.39, 0.29) is 0 Å². The van der Waals surface area contributed by atoms with Crippen LogP contribution < -0.4 is 5.32 Å². The number of hydrogen-bond donors (Lipinski definition) is 1. The Morgan fingerprint density at radius 3 is 2.90 bits per heavy atom. The van der Waals surface area contributed by atoms with Crippen LogP contribution in [0.1, 0.15) is 24.8 Å². The Balaban J connectivity index is 1.37. The fourth-order valence-corrected chi connectivity index (χ4v) is 3.03. The largest absolute Gasteiger partial charge is 0.312 e. The van der Waals surface area contributed by atoms with Gasteiger partial charge in [-0.3, -0.25) is 0 Å². The summed E-state index contributed by atoms with van der Waals surface area (Å²) in [5, 5.41) is 16.4. The first-order chi connectivity index (χ1) is 10.4. The third kappa shape index (κ3) is 4.82. The topological polar surface area (TPSA) is 55.6 Å². The molecule has 5 nitrogen and oxygen atoms in total. The molecule has 0 bridgehead atoms. The smallest absolute Gasteiger partial charge is 0.209 e. The number of thioether (sulfide) groups is 1. The van der Waals surface area contributed by atoms with Crippen LogP contribution in [0.5, 0.6) is 0 Å². The number of aryl methyl sites for hydroxylation is 1. The van der Waals surface area contributed by atoms with Gasteiger partial charge in [-0.25, -0.2) is 4.68 Å². The third-order valence-corrected chi connectivity index (χ3v) is 4.56. The first-order valence-electron chi connectivity index (χ1n) is 7.58. The lowest BCUT2D eigenvalue weighted by molar-refractivity contribution is 0.509. The van der Waals surface area contributed by atoms with Gasteiger partial charge in [0, 0.05) is 18.3 Å². The summed E-state index contributed by atoms with van der Waals surface area (Å²) in [5.74, 6) is 1.05. The van der Waals surface area contributed by atoms with Gasteiger partial charge in [0.25, 0.3) is 0 Å². The SMILES string of the molecule is c1ccc(CCCSc2nnnn2CCNC2CC2)cc1. The van der Waals surface area contributed by atoms with Crippen molar-refractivity contribution in [1.82, 2.24) is 25.5 Å². The highest BCUT2D eigenvalue weighted by atomic mass is 32.2. The fraction of sp³-hybridized carbons (Fsp3) is 0.533. The molecule has 1 aliphatic rings. The molecule has 1 aliphatic carbocycles. The molecule has 1 fully saturated rings. The van der Waals surface area contributed by atoms with Crippen LogP contribution in [0.25, 0.3) is 0 Å². The van der Waals surface area contributed by atoms with E-state index >= 15 is 0 Å². The highest BCUT2D eigenvalue weighted by Gasteiger charge is 2.19. The molecule has 2 aromatic rings. The van der Waals surface area contributed by atoms with E-state index in [1.165, 1.54) is 18.4 Å². The predicted molar refractivity (Wildman–Crippen MR) is 84.3 cm³/mol. The molecule has 1 saturated carbocycles. The monoisotopic (exact) mass is 303 g/mol. The molecule has 0 unspecified atom stereocenters. The minimum atomic E-state index is 0.739. The second kappa shape index (κ2) is 7.56. The van der Waals surface area contributed by atoms with E-state index in [2.05, 4.69) is 51.2 Å². The molecular weight excluding hydrogens is 282 g/mol. The van der Waals surface area contributed by atoms with Crippen LogP contribution in [0.15, 0.2) is 35.5 Å². The molecule has 1 aromatic heterocycles. The second-order valence-corrected chi connectivity index (χ2v) is 6.41. The van der Waals surface area contributed by atoms with Crippen LogP contribution >= 0.6 is 11.8 Å². The maximum Gasteiger partial charge on any atom is 0.209 e. The van der Waals surface area contributed by atoms with Crippen molar-refractivity contribution in [3.8, 4) is 0 Å². The van der Waals surface area contributed by atoms with E-state index in [9.17, 15) is 0 Å². The van der Waals surface area contributed by atoms with E-state index in [4.69, 9.17) is 0 Å². The molecule has 1 N–H and O–H groups in total. The molecule has 0 saturated heterocycles. The summed E-state index contributed by atoms with van der Waals surface area (Å²) in [6, 6.07) is 11.3. The average Bonchev–Trinajstić information content (AvgIpc) is 3.23. The Hall–Kier alpha value is -1.40. The number of rotatable bonds is 9. The van der Waals surface area contributed by atoms with Crippen molar-refractivity contribution in [1.29, 1.82) is 0 Å². The number of benzene rings is 1.